The molecule has 1 atom stereocenters. The van der Waals surface area contributed by atoms with E-state index in [2.05, 4.69) is 39.6 Å². The van der Waals surface area contributed by atoms with E-state index < -0.39 is 0 Å². The number of pyridine rings is 1. The number of H-pyrrole nitrogens is 1. The zero-order valence-corrected chi connectivity index (χ0v) is 16.4. The first kappa shape index (κ1) is 17.2. The number of fused-ring (bicyclic) bond motifs is 2. The van der Waals surface area contributed by atoms with Gasteiger partial charge in [0.1, 0.15) is 5.65 Å². The number of aromatic nitrogens is 2. The molecule has 2 aliphatic heterocycles. The Balaban J connectivity index is 1.49. The predicted octanol–water partition coefficient (Wildman–Crippen LogP) is 4.28. The minimum atomic E-state index is -0.315. The molecule has 0 amide bonds. The average molecular weight is 384 g/mol. The number of ether oxygens (including phenoxy) is 1. The summed E-state index contributed by atoms with van der Waals surface area (Å²) in [5, 5.41) is 14.4. The Morgan fingerprint density at radius 2 is 2.14 bits per heavy atom. The van der Waals surface area contributed by atoms with Gasteiger partial charge in [0, 0.05) is 29.4 Å². The Morgan fingerprint density at radius 1 is 1.21 bits per heavy atom. The highest BCUT2D eigenvalue weighted by molar-refractivity contribution is 5.87. The lowest BCUT2D eigenvalue weighted by Gasteiger charge is -2.24. The first-order valence-corrected chi connectivity index (χ1v) is 10.6. The molecule has 2 fully saturated rings. The molecular formula is C24H24N4O. The third kappa shape index (κ3) is 2.71. The van der Waals surface area contributed by atoms with Crippen molar-refractivity contribution < 1.29 is 4.74 Å². The van der Waals surface area contributed by atoms with Gasteiger partial charge in [0.25, 0.3) is 0 Å². The first-order valence-electron chi connectivity index (χ1n) is 10.6. The van der Waals surface area contributed by atoms with Gasteiger partial charge >= 0.3 is 0 Å². The average Bonchev–Trinajstić information content (AvgIpc) is 3.17. The summed E-state index contributed by atoms with van der Waals surface area (Å²) < 4.78 is 5.79. The molecule has 1 saturated heterocycles. The quantitative estimate of drug-likeness (QED) is 0.707. The number of nitrogens with zero attached hydrogens (tertiary/aromatic N) is 2. The van der Waals surface area contributed by atoms with Gasteiger partial charge in [-0.25, -0.2) is 4.98 Å². The van der Waals surface area contributed by atoms with Crippen LogP contribution in [0.2, 0.25) is 0 Å². The van der Waals surface area contributed by atoms with E-state index in [1.165, 1.54) is 35.1 Å². The minimum Gasteiger partial charge on any atom is -0.376 e. The van der Waals surface area contributed by atoms with Crippen LogP contribution in [0.4, 0.5) is 0 Å². The van der Waals surface area contributed by atoms with Crippen molar-refractivity contribution in [2.45, 2.75) is 50.2 Å². The second-order valence-electron chi connectivity index (χ2n) is 8.67. The van der Waals surface area contributed by atoms with Gasteiger partial charge in [-0.05, 0) is 78.6 Å². The normalized spacial score (nSPS) is 22.4. The third-order valence-electron chi connectivity index (χ3n) is 6.92. The van der Waals surface area contributed by atoms with Gasteiger partial charge in [0.2, 0.25) is 0 Å². The molecule has 29 heavy (non-hydrogen) atoms. The van der Waals surface area contributed by atoms with Crippen LogP contribution >= 0.6 is 0 Å². The highest BCUT2D eigenvalue weighted by atomic mass is 16.5. The van der Waals surface area contributed by atoms with Crippen molar-refractivity contribution in [2.24, 2.45) is 0 Å². The fraction of sp³-hybridized carbons (Fsp3) is 0.417. The Kier molecular flexibility index (Phi) is 3.80. The maximum Gasteiger partial charge on any atom is 0.137 e. The van der Waals surface area contributed by atoms with Crippen LogP contribution in [0.15, 0.2) is 30.6 Å². The number of rotatable bonds is 3. The molecule has 6 rings (SSSR count). The van der Waals surface area contributed by atoms with Crippen molar-refractivity contribution in [3.8, 4) is 17.2 Å². The van der Waals surface area contributed by atoms with Gasteiger partial charge < -0.3 is 15.0 Å². The lowest BCUT2D eigenvalue weighted by molar-refractivity contribution is 0.109. The molecule has 1 aromatic carbocycles. The van der Waals surface area contributed by atoms with Crippen LogP contribution in [-0.2, 0) is 23.2 Å². The number of hydrogen-bond donors (Lipinski definition) is 2. The van der Waals surface area contributed by atoms with E-state index in [0.29, 0.717) is 12.6 Å². The largest absolute Gasteiger partial charge is 0.376 e. The summed E-state index contributed by atoms with van der Waals surface area (Å²) in [6.45, 7) is 2.59. The minimum absolute atomic E-state index is 0.315. The van der Waals surface area contributed by atoms with E-state index >= 15 is 0 Å². The molecule has 0 unspecified atom stereocenters. The lowest BCUT2D eigenvalue weighted by Crippen LogP contribution is -2.19. The molecule has 2 aromatic heterocycles. The molecule has 0 bridgehead atoms. The molecule has 0 radical (unpaired) electrons. The molecule has 1 aliphatic carbocycles. The van der Waals surface area contributed by atoms with Crippen molar-refractivity contribution >= 4 is 11.0 Å². The van der Waals surface area contributed by atoms with Crippen LogP contribution in [-0.4, -0.2) is 23.1 Å². The SMILES string of the molecule is N#CC1(c2c[nH]c3ncc(-c4cc5c(c([C@@H]6CCCN6)c4)COCC5)cc23)CC1. The van der Waals surface area contributed by atoms with Crippen LogP contribution in [0, 0.1) is 11.3 Å². The van der Waals surface area contributed by atoms with E-state index in [0.717, 1.165) is 54.6 Å². The highest BCUT2D eigenvalue weighted by Crippen LogP contribution is 2.50. The summed E-state index contributed by atoms with van der Waals surface area (Å²) in [6, 6.07) is 9.82. The molecule has 4 heterocycles. The van der Waals surface area contributed by atoms with E-state index in [4.69, 9.17) is 4.74 Å². The van der Waals surface area contributed by atoms with Gasteiger partial charge in [-0.2, -0.15) is 5.26 Å². The van der Waals surface area contributed by atoms with Crippen molar-refractivity contribution in [1.82, 2.24) is 15.3 Å². The number of aromatic amines is 1. The second kappa shape index (κ2) is 6.41. The van der Waals surface area contributed by atoms with Gasteiger partial charge in [-0.1, -0.05) is 6.07 Å². The Labute approximate surface area is 170 Å². The number of benzene rings is 1. The summed E-state index contributed by atoms with van der Waals surface area (Å²) in [5.41, 5.74) is 8.17. The molecule has 5 nitrogen and oxygen atoms in total. The van der Waals surface area contributed by atoms with Gasteiger partial charge in [0.05, 0.1) is 24.7 Å². The zero-order valence-electron chi connectivity index (χ0n) is 16.4. The molecule has 3 aliphatic rings. The lowest BCUT2D eigenvalue weighted by atomic mass is 9.88. The smallest absolute Gasteiger partial charge is 0.137 e. The zero-order chi connectivity index (χ0) is 19.4. The summed E-state index contributed by atoms with van der Waals surface area (Å²) >= 11 is 0. The first-order chi connectivity index (χ1) is 14.3. The third-order valence-corrected chi connectivity index (χ3v) is 6.92. The van der Waals surface area contributed by atoms with Crippen molar-refractivity contribution in [3.05, 3.63) is 52.8 Å². The van der Waals surface area contributed by atoms with Crippen LogP contribution < -0.4 is 5.32 Å². The molecule has 3 aromatic rings. The van der Waals surface area contributed by atoms with E-state index in [-0.39, 0.29) is 5.41 Å². The predicted molar refractivity (Wildman–Crippen MR) is 111 cm³/mol. The molecule has 2 N–H and O–H groups in total. The van der Waals surface area contributed by atoms with Crippen molar-refractivity contribution in [2.75, 3.05) is 13.2 Å². The summed E-state index contributed by atoms with van der Waals surface area (Å²) in [4.78, 5) is 7.95. The van der Waals surface area contributed by atoms with Crippen LogP contribution in [0.25, 0.3) is 22.2 Å². The topological polar surface area (TPSA) is 73.7 Å². The summed E-state index contributed by atoms with van der Waals surface area (Å²) in [5.74, 6) is 0. The Morgan fingerprint density at radius 3 is 2.93 bits per heavy atom. The molecular weight excluding hydrogens is 360 g/mol. The Hall–Kier alpha value is -2.68. The van der Waals surface area contributed by atoms with E-state index in [9.17, 15) is 5.26 Å². The van der Waals surface area contributed by atoms with Gasteiger partial charge in [0.15, 0.2) is 0 Å². The molecule has 1 saturated carbocycles. The van der Waals surface area contributed by atoms with Crippen LogP contribution in [0.5, 0.6) is 0 Å². The fourth-order valence-corrected chi connectivity index (χ4v) is 5.06. The Bertz CT molecular complexity index is 1150. The fourth-order valence-electron chi connectivity index (χ4n) is 5.06. The number of nitrogens with one attached hydrogen (secondary N) is 2. The maximum absolute atomic E-state index is 9.66. The van der Waals surface area contributed by atoms with E-state index in [1.54, 1.807) is 0 Å². The molecule has 146 valence electrons. The van der Waals surface area contributed by atoms with Crippen molar-refractivity contribution in [1.29, 1.82) is 5.26 Å². The molecule has 5 heteroatoms. The standard InChI is InChI=1S/C24H24N4O/c25-14-24(4-5-24)21-12-28-23-19(21)10-17(11-27-23)16-8-15-3-7-29-13-20(15)18(9-16)22-2-1-6-26-22/h8-12,22,26H,1-7,13H2,(H,27,28)/t22-/m0/s1. The number of nitriles is 1. The highest BCUT2D eigenvalue weighted by Gasteiger charge is 2.46. The van der Waals surface area contributed by atoms with E-state index in [1.807, 2.05) is 12.4 Å². The monoisotopic (exact) mass is 384 g/mol. The molecule has 0 spiro atoms. The second-order valence-corrected chi connectivity index (χ2v) is 8.67. The van der Waals surface area contributed by atoms with Gasteiger partial charge in [-0.3, -0.25) is 0 Å². The summed E-state index contributed by atoms with van der Waals surface area (Å²) in [6.07, 6.45) is 9.19. The van der Waals surface area contributed by atoms with Gasteiger partial charge in [-0.15, -0.1) is 0 Å². The van der Waals surface area contributed by atoms with Crippen molar-refractivity contribution in [3.63, 3.8) is 0 Å². The van der Waals surface area contributed by atoms with Crippen LogP contribution in [0.1, 0.15) is 54.0 Å². The van der Waals surface area contributed by atoms with Crippen LogP contribution in [0.3, 0.4) is 0 Å². The maximum atomic E-state index is 9.66. The number of hydrogen-bond acceptors (Lipinski definition) is 4. The summed E-state index contributed by atoms with van der Waals surface area (Å²) in [7, 11) is 0.